The van der Waals surface area contributed by atoms with E-state index in [9.17, 15) is 0 Å². The topological polar surface area (TPSA) is 43.8 Å². The van der Waals surface area contributed by atoms with Gasteiger partial charge in [0.25, 0.3) is 0 Å². The molecule has 1 aromatic rings. The van der Waals surface area contributed by atoms with Gasteiger partial charge in [-0.2, -0.15) is 5.10 Å². The van der Waals surface area contributed by atoms with Gasteiger partial charge in [0.15, 0.2) is 0 Å². The highest BCUT2D eigenvalue weighted by Crippen LogP contribution is 2.34. The minimum atomic E-state index is -0.000833. The molecular formula is C14H25N3. The molecule has 0 radical (unpaired) electrons. The molecule has 3 nitrogen and oxygen atoms in total. The van der Waals surface area contributed by atoms with Gasteiger partial charge < -0.3 is 5.73 Å². The van der Waals surface area contributed by atoms with Gasteiger partial charge >= 0.3 is 0 Å². The van der Waals surface area contributed by atoms with Crippen molar-refractivity contribution in [3.8, 4) is 0 Å². The van der Waals surface area contributed by atoms with Crippen molar-refractivity contribution in [2.75, 3.05) is 0 Å². The molecule has 1 heterocycles. The van der Waals surface area contributed by atoms with Gasteiger partial charge in [-0.15, -0.1) is 0 Å². The first-order valence-electron chi connectivity index (χ1n) is 6.81. The molecule has 17 heavy (non-hydrogen) atoms. The maximum Gasteiger partial charge on any atom is 0.0596 e. The van der Waals surface area contributed by atoms with Crippen LogP contribution < -0.4 is 5.73 Å². The van der Waals surface area contributed by atoms with Gasteiger partial charge in [0, 0.05) is 24.7 Å². The highest BCUT2D eigenvalue weighted by Gasteiger charge is 2.32. The van der Waals surface area contributed by atoms with Crippen molar-refractivity contribution in [1.29, 1.82) is 0 Å². The highest BCUT2D eigenvalue weighted by atomic mass is 15.3. The zero-order valence-corrected chi connectivity index (χ0v) is 11.4. The molecule has 0 aromatic carbocycles. The summed E-state index contributed by atoms with van der Waals surface area (Å²) in [6, 6.07) is 2.17. The molecule has 1 aliphatic carbocycles. The van der Waals surface area contributed by atoms with Crippen LogP contribution in [-0.4, -0.2) is 15.3 Å². The van der Waals surface area contributed by atoms with Gasteiger partial charge in [0.1, 0.15) is 0 Å². The van der Waals surface area contributed by atoms with E-state index in [2.05, 4.69) is 18.1 Å². The summed E-state index contributed by atoms with van der Waals surface area (Å²) in [6.07, 6.45) is 7.22. The third-order valence-electron chi connectivity index (χ3n) is 4.19. The van der Waals surface area contributed by atoms with E-state index in [0.717, 1.165) is 24.5 Å². The Morgan fingerprint density at radius 1 is 1.59 bits per heavy atom. The molecule has 1 saturated carbocycles. The maximum absolute atomic E-state index is 6.59. The van der Waals surface area contributed by atoms with E-state index in [1.807, 2.05) is 18.7 Å². The third-order valence-corrected chi connectivity index (χ3v) is 4.19. The average Bonchev–Trinajstić information content (AvgIpc) is 2.56. The van der Waals surface area contributed by atoms with Gasteiger partial charge in [-0.3, -0.25) is 4.68 Å². The van der Waals surface area contributed by atoms with E-state index in [1.54, 1.807) is 0 Å². The van der Waals surface area contributed by atoms with Crippen molar-refractivity contribution in [1.82, 2.24) is 9.78 Å². The summed E-state index contributed by atoms with van der Waals surface area (Å²) in [5.74, 6) is 0.822. The Hall–Kier alpha value is -0.830. The van der Waals surface area contributed by atoms with E-state index in [4.69, 9.17) is 5.73 Å². The molecule has 1 aromatic heterocycles. The predicted molar refractivity (Wildman–Crippen MR) is 70.8 cm³/mol. The van der Waals surface area contributed by atoms with E-state index in [-0.39, 0.29) is 5.54 Å². The molecular weight excluding hydrogens is 210 g/mol. The Morgan fingerprint density at radius 2 is 2.35 bits per heavy atom. The fourth-order valence-electron chi connectivity index (χ4n) is 3.22. The standard InChI is InChI=1S/C14H25N3/c1-4-12-6-5-7-14(15,9-12)10-13-8-11(2)16-17(13)3/h8,12H,4-7,9-10,15H2,1-3H3. The van der Waals surface area contributed by atoms with E-state index in [1.165, 1.54) is 31.4 Å². The number of hydrogen-bond donors (Lipinski definition) is 1. The minimum absolute atomic E-state index is 0.000833. The molecule has 3 heteroatoms. The zero-order valence-electron chi connectivity index (χ0n) is 11.4. The van der Waals surface area contributed by atoms with E-state index >= 15 is 0 Å². The summed E-state index contributed by atoms with van der Waals surface area (Å²) in [5, 5.41) is 4.41. The number of aromatic nitrogens is 2. The minimum Gasteiger partial charge on any atom is -0.325 e. The van der Waals surface area contributed by atoms with Crippen molar-refractivity contribution in [3.05, 3.63) is 17.5 Å². The second-order valence-electron chi connectivity index (χ2n) is 5.81. The van der Waals surface area contributed by atoms with Crippen molar-refractivity contribution in [3.63, 3.8) is 0 Å². The molecule has 2 rings (SSSR count). The number of rotatable bonds is 3. The molecule has 0 bridgehead atoms. The van der Waals surface area contributed by atoms with Crippen LogP contribution in [0.1, 0.15) is 50.4 Å². The summed E-state index contributed by atoms with van der Waals surface area (Å²) in [4.78, 5) is 0. The van der Waals surface area contributed by atoms with Crippen LogP contribution in [0.25, 0.3) is 0 Å². The van der Waals surface area contributed by atoms with E-state index < -0.39 is 0 Å². The summed E-state index contributed by atoms with van der Waals surface area (Å²) >= 11 is 0. The van der Waals surface area contributed by atoms with Crippen LogP contribution in [0.2, 0.25) is 0 Å². The van der Waals surface area contributed by atoms with Crippen molar-refractivity contribution in [2.45, 2.75) is 57.9 Å². The number of nitrogens with zero attached hydrogens (tertiary/aromatic N) is 2. The van der Waals surface area contributed by atoms with Crippen LogP contribution in [0.5, 0.6) is 0 Å². The van der Waals surface area contributed by atoms with Crippen molar-refractivity contribution >= 4 is 0 Å². The second-order valence-corrected chi connectivity index (χ2v) is 5.81. The Balaban J connectivity index is 2.08. The molecule has 2 N–H and O–H groups in total. The lowest BCUT2D eigenvalue weighted by molar-refractivity contribution is 0.216. The lowest BCUT2D eigenvalue weighted by atomic mass is 9.73. The largest absolute Gasteiger partial charge is 0.325 e. The molecule has 1 fully saturated rings. The fourth-order valence-corrected chi connectivity index (χ4v) is 3.22. The molecule has 0 aliphatic heterocycles. The third kappa shape index (κ3) is 2.89. The molecule has 1 aliphatic rings. The Labute approximate surface area is 104 Å². The van der Waals surface area contributed by atoms with Crippen molar-refractivity contribution in [2.24, 2.45) is 18.7 Å². The normalized spacial score (nSPS) is 29.5. The second kappa shape index (κ2) is 4.81. The summed E-state index contributed by atoms with van der Waals surface area (Å²) in [5.41, 5.74) is 8.96. The van der Waals surface area contributed by atoms with Crippen LogP contribution in [0.15, 0.2) is 6.07 Å². The lowest BCUT2D eigenvalue weighted by Gasteiger charge is -2.37. The number of hydrogen-bond acceptors (Lipinski definition) is 2. The molecule has 2 atom stereocenters. The van der Waals surface area contributed by atoms with Gasteiger partial charge in [-0.05, 0) is 31.7 Å². The number of aryl methyl sites for hydroxylation is 2. The summed E-state index contributed by atoms with van der Waals surface area (Å²) < 4.78 is 1.99. The molecule has 2 unspecified atom stereocenters. The van der Waals surface area contributed by atoms with Crippen LogP contribution >= 0.6 is 0 Å². The highest BCUT2D eigenvalue weighted by molar-refractivity contribution is 5.13. The van der Waals surface area contributed by atoms with Gasteiger partial charge in [0.2, 0.25) is 0 Å². The van der Waals surface area contributed by atoms with Crippen LogP contribution in [-0.2, 0) is 13.5 Å². The average molecular weight is 235 g/mol. The van der Waals surface area contributed by atoms with Crippen LogP contribution in [0.3, 0.4) is 0 Å². The number of nitrogens with two attached hydrogens (primary N) is 1. The van der Waals surface area contributed by atoms with E-state index in [0.29, 0.717) is 0 Å². The van der Waals surface area contributed by atoms with Gasteiger partial charge in [-0.25, -0.2) is 0 Å². The monoisotopic (exact) mass is 235 g/mol. The first-order valence-corrected chi connectivity index (χ1v) is 6.81. The summed E-state index contributed by atoms with van der Waals surface area (Å²) in [6.45, 7) is 4.33. The molecule has 96 valence electrons. The van der Waals surface area contributed by atoms with Crippen LogP contribution in [0.4, 0.5) is 0 Å². The first-order chi connectivity index (χ1) is 8.02. The first kappa shape index (κ1) is 12.6. The summed E-state index contributed by atoms with van der Waals surface area (Å²) in [7, 11) is 2.02. The Morgan fingerprint density at radius 3 is 2.94 bits per heavy atom. The fraction of sp³-hybridized carbons (Fsp3) is 0.786. The molecule has 0 saturated heterocycles. The van der Waals surface area contributed by atoms with Gasteiger partial charge in [0.05, 0.1) is 5.69 Å². The molecule has 0 amide bonds. The Kier molecular flexibility index (Phi) is 3.57. The Bertz CT molecular complexity index is 383. The van der Waals surface area contributed by atoms with Crippen LogP contribution in [0, 0.1) is 12.8 Å². The molecule has 0 spiro atoms. The van der Waals surface area contributed by atoms with Gasteiger partial charge in [-0.1, -0.05) is 26.2 Å². The lowest BCUT2D eigenvalue weighted by Crippen LogP contribution is -2.46. The quantitative estimate of drug-likeness (QED) is 0.875. The smallest absolute Gasteiger partial charge is 0.0596 e. The maximum atomic E-state index is 6.59. The van der Waals surface area contributed by atoms with Crippen molar-refractivity contribution < 1.29 is 0 Å². The SMILES string of the molecule is CCC1CCCC(N)(Cc2cc(C)nn2C)C1. The zero-order chi connectivity index (χ0) is 12.5. The predicted octanol–water partition coefficient (Wildman–Crippen LogP) is 2.57.